The Morgan fingerprint density at radius 2 is 2.12 bits per heavy atom. The van der Waals surface area contributed by atoms with Crippen LogP contribution >= 0.6 is 0 Å². The molecule has 0 aliphatic heterocycles. The Bertz CT molecular complexity index is 318. The molecule has 0 aliphatic rings. The van der Waals surface area contributed by atoms with Gasteiger partial charge < -0.3 is 10.1 Å². The van der Waals surface area contributed by atoms with Crippen LogP contribution < -0.4 is 10.1 Å². The highest BCUT2D eigenvalue weighted by molar-refractivity contribution is 5.48. The van der Waals surface area contributed by atoms with Crippen LogP contribution in [-0.2, 0) is 0 Å². The van der Waals surface area contributed by atoms with Crippen molar-refractivity contribution in [2.75, 3.05) is 5.32 Å². The van der Waals surface area contributed by atoms with Gasteiger partial charge in [0.2, 0.25) is 0 Å². The molecule has 0 aliphatic carbocycles. The quantitative estimate of drug-likeness (QED) is 0.799. The molecule has 1 rings (SSSR count). The van der Waals surface area contributed by atoms with Gasteiger partial charge in [-0.2, -0.15) is 8.78 Å². The number of ether oxygens (including phenoxy) is 1. The first-order valence-electron chi connectivity index (χ1n) is 5.43. The van der Waals surface area contributed by atoms with Crippen LogP contribution in [0.3, 0.4) is 0 Å². The molecule has 16 heavy (non-hydrogen) atoms. The Kier molecular flexibility index (Phi) is 5.02. The standard InChI is InChI=1S/C12H17F2NO/c1-3-5-9(2)15-10-6-4-7-11(8-10)16-12(13)14/h4,6-9,12,15H,3,5H2,1-2H3. The van der Waals surface area contributed by atoms with Crippen LogP contribution in [0.15, 0.2) is 24.3 Å². The Labute approximate surface area is 94.6 Å². The van der Waals surface area contributed by atoms with E-state index in [1.807, 2.05) is 6.07 Å². The van der Waals surface area contributed by atoms with Gasteiger partial charge in [-0.05, 0) is 25.5 Å². The summed E-state index contributed by atoms with van der Waals surface area (Å²) in [6.07, 6.45) is 2.13. The van der Waals surface area contributed by atoms with Gasteiger partial charge in [0.25, 0.3) is 0 Å². The number of halogens is 2. The number of hydrogen-bond acceptors (Lipinski definition) is 2. The molecule has 0 spiro atoms. The minimum Gasteiger partial charge on any atom is -0.435 e. The van der Waals surface area contributed by atoms with E-state index in [4.69, 9.17) is 0 Å². The molecule has 2 nitrogen and oxygen atoms in total. The van der Waals surface area contributed by atoms with E-state index in [1.165, 1.54) is 6.07 Å². The SMILES string of the molecule is CCCC(C)Nc1cccc(OC(F)F)c1. The van der Waals surface area contributed by atoms with Crippen molar-refractivity contribution < 1.29 is 13.5 Å². The fourth-order valence-electron chi connectivity index (χ4n) is 1.55. The summed E-state index contributed by atoms with van der Waals surface area (Å²) < 4.78 is 28.3. The molecular weight excluding hydrogens is 212 g/mol. The highest BCUT2D eigenvalue weighted by Gasteiger charge is 2.05. The van der Waals surface area contributed by atoms with Crippen LogP contribution in [0.2, 0.25) is 0 Å². The average Bonchev–Trinajstić information content (AvgIpc) is 2.17. The van der Waals surface area contributed by atoms with Gasteiger partial charge in [-0.15, -0.1) is 0 Å². The molecule has 0 radical (unpaired) electrons. The summed E-state index contributed by atoms with van der Waals surface area (Å²) in [7, 11) is 0. The minimum absolute atomic E-state index is 0.184. The lowest BCUT2D eigenvalue weighted by molar-refractivity contribution is -0.0498. The van der Waals surface area contributed by atoms with Crippen molar-refractivity contribution in [3.63, 3.8) is 0 Å². The normalized spacial score (nSPS) is 12.6. The number of nitrogens with one attached hydrogen (secondary N) is 1. The lowest BCUT2D eigenvalue weighted by atomic mass is 10.2. The predicted octanol–water partition coefficient (Wildman–Crippen LogP) is 3.89. The second-order valence-corrected chi connectivity index (χ2v) is 3.74. The van der Waals surface area contributed by atoms with Crippen molar-refractivity contribution >= 4 is 5.69 Å². The predicted molar refractivity (Wildman–Crippen MR) is 61.1 cm³/mol. The van der Waals surface area contributed by atoms with Crippen LogP contribution in [0.5, 0.6) is 5.75 Å². The van der Waals surface area contributed by atoms with Gasteiger partial charge in [-0.1, -0.05) is 19.4 Å². The van der Waals surface area contributed by atoms with Gasteiger partial charge in [0.1, 0.15) is 5.75 Å². The molecule has 0 aromatic heterocycles. The zero-order valence-corrected chi connectivity index (χ0v) is 9.54. The van der Waals surface area contributed by atoms with Gasteiger partial charge in [0.15, 0.2) is 0 Å². The molecule has 0 heterocycles. The van der Waals surface area contributed by atoms with Crippen LogP contribution in [0, 0.1) is 0 Å². The molecule has 1 aromatic carbocycles. The van der Waals surface area contributed by atoms with Crippen LogP contribution in [0.1, 0.15) is 26.7 Å². The monoisotopic (exact) mass is 229 g/mol. The molecule has 4 heteroatoms. The zero-order valence-electron chi connectivity index (χ0n) is 9.54. The van der Waals surface area contributed by atoms with E-state index in [0.717, 1.165) is 18.5 Å². The molecule has 1 unspecified atom stereocenters. The van der Waals surface area contributed by atoms with Crippen molar-refractivity contribution in [3.05, 3.63) is 24.3 Å². The van der Waals surface area contributed by atoms with E-state index in [0.29, 0.717) is 6.04 Å². The van der Waals surface area contributed by atoms with Gasteiger partial charge in [0.05, 0.1) is 0 Å². The van der Waals surface area contributed by atoms with Crippen molar-refractivity contribution in [3.8, 4) is 5.75 Å². The van der Waals surface area contributed by atoms with E-state index in [9.17, 15) is 8.78 Å². The summed E-state index contributed by atoms with van der Waals surface area (Å²) in [4.78, 5) is 0. The minimum atomic E-state index is -2.77. The summed E-state index contributed by atoms with van der Waals surface area (Å²) in [5.74, 6) is 0.184. The van der Waals surface area contributed by atoms with Crippen molar-refractivity contribution in [2.45, 2.75) is 39.3 Å². The smallest absolute Gasteiger partial charge is 0.387 e. The third-order valence-corrected chi connectivity index (χ3v) is 2.19. The third kappa shape index (κ3) is 4.47. The molecule has 0 fully saturated rings. The van der Waals surface area contributed by atoms with E-state index < -0.39 is 6.61 Å². The summed E-state index contributed by atoms with van der Waals surface area (Å²) in [6, 6.07) is 6.95. The lowest BCUT2D eigenvalue weighted by Gasteiger charge is -2.15. The summed E-state index contributed by atoms with van der Waals surface area (Å²) in [5, 5.41) is 3.23. The molecule has 1 N–H and O–H groups in total. The van der Waals surface area contributed by atoms with Gasteiger partial charge in [-0.25, -0.2) is 0 Å². The van der Waals surface area contributed by atoms with Crippen LogP contribution in [0.4, 0.5) is 14.5 Å². The third-order valence-electron chi connectivity index (χ3n) is 2.19. The molecule has 0 saturated heterocycles. The van der Waals surface area contributed by atoms with E-state index >= 15 is 0 Å². The highest BCUT2D eigenvalue weighted by atomic mass is 19.3. The van der Waals surface area contributed by atoms with Crippen LogP contribution in [-0.4, -0.2) is 12.7 Å². The Balaban J connectivity index is 2.59. The van der Waals surface area contributed by atoms with Gasteiger partial charge in [-0.3, -0.25) is 0 Å². The lowest BCUT2D eigenvalue weighted by Crippen LogP contribution is -2.14. The van der Waals surface area contributed by atoms with Crippen LogP contribution in [0.25, 0.3) is 0 Å². The summed E-state index contributed by atoms with van der Waals surface area (Å²) in [5.41, 5.74) is 0.805. The van der Waals surface area contributed by atoms with Crippen molar-refractivity contribution in [1.82, 2.24) is 0 Å². The van der Waals surface area contributed by atoms with E-state index in [2.05, 4.69) is 23.9 Å². The number of benzene rings is 1. The van der Waals surface area contributed by atoms with E-state index in [-0.39, 0.29) is 5.75 Å². The first-order valence-corrected chi connectivity index (χ1v) is 5.43. The Hall–Kier alpha value is -1.32. The first-order chi connectivity index (χ1) is 7.61. The number of anilines is 1. The molecule has 0 saturated carbocycles. The van der Waals surface area contributed by atoms with E-state index in [1.54, 1.807) is 12.1 Å². The second kappa shape index (κ2) is 6.30. The van der Waals surface area contributed by atoms with Gasteiger partial charge in [0, 0.05) is 17.8 Å². The van der Waals surface area contributed by atoms with Crippen molar-refractivity contribution in [2.24, 2.45) is 0 Å². The molecule has 90 valence electrons. The molecule has 0 amide bonds. The molecule has 1 aromatic rings. The second-order valence-electron chi connectivity index (χ2n) is 3.74. The topological polar surface area (TPSA) is 21.3 Å². The number of hydrogen-bond donors (Lipinski definition) is 1. The number of alkyl halides is 2. The highest BCUT2D eigenvalue weighted by Crippen LogP contribution is 2.20. The largest absolute Gasteiger partial charge is 0.435 e. The Morgan fingerprint density at radius 1 is 1.38 bits per heavy atom. The first kappa shape index (κ1) is 12.7. The molecule has 1 atom stereocenters. The molecular formula is C12H17F2NO. The maximum atomic E-state index is 12.0. The zero-order chi connectivity index (χ0) is 12.0. The van der Waals surface area contributed by atoms with Crippen molar-refractivity contribution in [1.29, 1.82) is 0 Å². The summed E-state index contributed by atoms with van der Waals surface area (Å²) >= 11 is 0. The maximum absolute atomic E-state index is 12.0. The maximum Gasteiger partial charge on any atom is 0.387 e. The summed E-state index contributed by atoms with van der Waals surface area (Å²) in [6.45, 7) is 1.39. The average molecular weight is 229 g/mol. The Morgan fingerprint density at radius 3 is 2.75 bits per heavy atom. The number of rotatable bonds is 6. The fraction of sp³-hybridized carbons (Fsp3) is 0.500. The fourth-order valence-corrected chi connectivity index (χ4v) is 1.55. The molecule has 0 bridgehead atoms. The van der Waals surface area contributed by atoms with Gasteiger partial charge >= 0.3 is 6.61 Å².